The normalized spacial score (nSPS) is 10.6. The van der Waals surface area contributed by atoms with Crippen molar-refractivity contribution >= 4 is 33.0 Å². The van der Waals surface area contributed by atoms with Gasteiger partial charge < -0.3 is 0 Å². The molecule has 0 radical (unpaired) electrons. The van der Waals surface area contributed by atoms with Crippen LogP contribution in [0.25, 0.3) is 0 Å². The van der Waals surface area contributed by atoms with Crippen molar-refractivity contribution in [2.75, 3.05) is 0 Å². The minimum Gasteiger partial charge on any atom is -0.259 e. The molecule has 0 bridgehead atoms. The van der Waals surface area contributed by atoms with Gasteiger partial charge in [-0.05, 0) is 11.1 Å². The molecule has 102 valence electrons. The van der Waals surface area contributed by atoms with Crippen LogP contribution in [0, 0.1) is 0 Å². The predicted octanol–water partition coefficient (Wildman–Crippen LogP) is 4.31. The minimum absolute atomic E-state index is 0.168. The molecule has 0 saturated heterocycles. The van der Waals surface area contributed by atoms with Gasteiger partial charge >= 0.3 is 5.24 Å². The van der Waals surface area contributed by atoms with Gasteiger partial charge in [0.15, 0.2) is 0 Å². The average Bonchev–Trinajstić information content (AvgIpc) is 2.49. The average molecular weight is 302 g/mol. The summed E-state index contributed by atoms with van der Waals surface area (Å²) in [5, 5.41) is 3.74. The van der Waals surface area contributed by atoms with Crippen molar-refractivity contribution < 1.29 is 4.79 Å². The van der Waals surface area contributed by atoms with Gasteiger partial charge in [-0.15, -0.1) is 0 Å². The second-order valence-corrected chi connectivity index (χ2v) is 6.17. The van der Waals surface area contributed by atoms with Crippen molar-refractivity contribution in [2.24, 2.45) is 5.10 Å². The molecular weight excluding hydrogens is 288 g/mol. The zero-order chi connectivity index (χ0) is 14.0. The number of carbonyl (C=O) groups is 1. The molecule has 2 aromatic rings. The number of rotatable bonds is 5. The number of nitrogens with zero attached hydrogens (tertiary/aromatic N) is 1. The molecular formula is C15H14N2OS2. The Morgan fingerprint density at radius 2 is 1.70 bits per heavy atom. The number of hydrogen-bond acceptors (Lipinski definition) is 4. The molecule has 0 atom stereocenters. The number of amides is 1. The molecule has 5 heteroatoms. The summed E-state index contributed by atoms with van der Waals surface area (Å²) in [6.45, 7) is 0. The Balaban J connectivity index is 1.67. The number of hydrogen-bond donors (Lipinski definition) is 1. The number of hydrazone groups is 1. The molecule has 1 amide bonds. The second-order valence-electron chi connectivity index (χ2n) is 3.90. The van der Waals surface area contributed by atoms with E-state index in [0.717, 1.165) is 22.1 Å². The van der Waals surface area contributed by atoms with Gasteiger partial charge in [-0.3, -0.25) is 4.79 Å². The maximum absolute atomic E-state index is 11.5. The van der Waals surface area contributed by atoms with Gasteiger partial charge in [0.1, 0.15) is 0 Å². The topological polar surface area (TPSA) is 41.5 Å². The van der Waals surface area contributed by atoms with Crippen molar-refractivity contribution in [2.45, 2.75) is 5.75 Å². The first-order valence-electron chi connectivity index (χ1n) is 6.06. The van der Waals surface area contributed by atoms with Crippen LogP contribution in [0.2, 0.25) is 0 Å². The van der Waals surface area contributed by atoms with E-state index in [9.17, 15) is 4.79 Å². The van der Waals surface area contributed by atoms with Crippen LogP contribution in [0.15, 0.2) is 65.8 Å². The van der Waals surface area contributed by atoms with Crippen molar-refractivity contribution in [1.29, 1.82) is 0 Å². The molecule has 3 nitrogen and oxygen atoms in total. The molecule has 0 aliphatic carbocycles. The van der Waals surface area contributed by atoms with Gasteiger partial charge in [0.25, 0.3) is 0 Å². The van der Waals surface area contributed by atoms with E-state index in [1.807, 2.05) is 60.7 Å². The van der Waals surface area contributed by atoms with Gasteiger partial charge in [-0.25, -0.2) is 5.43 Å². The molecule has 0 aliphatic rings. The third kappa shape index (κ3) is 5.50. The maximum Gasteiger partial charge on any atom is 0.309 e. The Morgan fingerprint density at radius 3 is 2.40 bits per heavy atom. The summed E-state index contributed by atoms with van der Waals surface area (Å²) in [6, 6.07) is 19.7. The minimum atomic E-state index is -0.168. The first kappa shape index (κ1) is 14.7. The van der Waals surface area contributed by atoms with Crippen LogP contribution in [0.3, 0.4) is 0 Å². The SMILES string of the molecule is O=C(N/N=C/c1ccccc1)SSCc1ccccc1. The number of nitrogens with one attached hydrogen (secondary N) is 1. The zero-order valence-electron chi connectivity index (χ0n) is 10.7. The Hall–Kier alpha value is -1.72. The quantitative estimate of drug-likeness (QED) is 0.508. The summed E-state index contributed by atoms with van der Waals surface area (Å²) in [6.07, 6.45) is 1.63. The van der Waals surface area contributed by atoms with E-state index >= 15 is 0 Å². The third-order valence-corrected chi connectivity index (χ3v) is 4.34. The molecule has 0 aliphatic heterocycles. The summed E-state index contributed by atoms with van der Waals surface area (Å²) in [5.74, 6) is 0.793. The highest BCUT2D eigenvalue weighted by molar-refractivity contribution is 8.81. The van der Waals surface area contributed by atoms with E-state index in [1.54, 1.807) is 6.21 Å². The van der Waals surface area contributed by atoms with E-state index in [0.29, 0.717) is 0 Å². The van der Waals surface area contributed by atoms with Crippen molar-refractivity contribution in [3.8, 4) is 0 Å². The van der Waals surface area contributed by atoms with Crippen molar-refractivity contribution in [3.05, 3.63) is 71.8 Å². The first-order chi connectivity index (χ1) is 9.84. The van der Waals surface area contributed by atoms with E-state index in [-0.39, 0.29) is 5.24 Å². The van der Waals surface area contributed by atoms with E-state index < -0.39 is 0 Å². The van der Waals surface area contributed by atoms with E-state index in [1.165, 1.54) is 16.4 Å². The molecule has 1 N–H and O–H groups in total. The fraction of sp³-hybridized carbons (Fsp3) is 0.0667. The lowest BCUT2D eigenvalue weighted by molar-refractivity contribution is 0.261. The van der Waals surface area contributed by atoms with Crippen molar-refractivity contribution in [1.82, 2.24) is 5.43 Å². The van der Waals surface area contributed by atoms with Crippen LogP contribution in [-0.4, -0.2) is 11.5 Å². The fourth-order valence-corrected chi connectivity index (χ4v) is 3.04. The summed E-state index contributed by atoms with van der Waals surface area (Å²) >= 11 is 0. The largest absolute Gasteiger partial charge is 0.309 e. The Labute approximate surface area is 126 Å². The standard InChI is InChI=1S/C15H14N2OS2/c18-15(17-16-11-13-7-3-1-4-8-13)20-19-12-14-9-5-2-6-10-14/h1-11H,12H2,(H,17,18)/b16-11+. The molecule has 0 fully saturated rings. The predicted molar refractivity (Wildman–Crippen MR) is 87.9 cm³/mol. The van der Waals surface area contributed by atoms with Gasteiger partial charge in [0.05, 0.1) is 6.21 Å². The van der Waals surface area contributed by atoms with Gasteiger partial charge in [0.2, 0.25) is 0 Å². The maximum atomic E-state index is 11.5. The molecule has 0 unspecified atom stereocenters. The molecule has 0 spiro atoms. The van der Waals surface area contributed by atoms with Crippen LogP contribution in [-0.2, 0) is 5.75 Å². The molecule has 0 saturated carbocycles. The number of benzene rings is 2. The molecule has 20 heavy (non-hydrogen) atoms. The molecule has 0 aromatic heterocycles. The summed E-state index contributed by atoms with van der Waals surface area (Å²) in [7, 11) is 2.65. The Bertz CT molecular complexity index is 559. The first-order valence-corrected chi connectivity index (χ1v) is 8.38. The van der Waals surface area contributed by atoms with Crippen LogP contribution >= 0.6 is 21.6 Å². The van der Waals surface area contributed by atoms with E-state index in [2.05, 4.69) is 10.5 Å². The summed E-state index contributed by atoms with van der Waals surface area (Å²) in [5.41, 5.74) is 4.64. The van der Waals surface area contributed by atoms with Crippen LogP contribution < -0.4 is 5.43 Å². The molecule has 0 heterocycles. The second kappa shape index (κ2) is 8.45. The number of carbonyl (C=O) groups excluding carboxylic acids is 1. The van der Waals surface area contributed by atoms with E-state index in [4.69, 9.17) is 0 Å². The Kier molecular flexibility index (Phi) is 6.20. The van der Waals surface area contributed by atoms with Gasteiger partial charge in [-0.1, -0.05) is 71.5 Å². The lowest BCUT2D eigenvalue weighted by Crippen LogP contribution is -2.10. The van der Waals surface area contributed by atoms with Crippen LogP contribution in [0.5, 0.6) is 0 Å². The molecule has 2 aromatic carbocycles. The smallest absolute Gasteiger partial charge is 0.259 e. The Morgan fingerprint density at radius 1 is 1.05 bits per heavy atom. The molecule has 2 rings (SSSR count). The van der Waals surface area contributed by atoms with Gasteiger partial charge in [0, 0.05) is 16.5 Å². The highest BCUT2D eigenvalue weighted by Crippen LogP contribution is 2.26. The summed E-state index contributed by atoms with van der Waals surface area (Å²) < 4.78 is 0. The van der Waals surface area contributed by atoms with Crippen LogP contribution in [0.4, 0.5) is 4.79 Å². The zero-order valence-corrected chi connectivity index (χ0v) is 12.4. The third-order valence-electron chi connectivity index (χ3n) is 2.37. The van der Waals surface area contributed by atoms with Gasteiger partial charge in [-0.2, -0.15) is 5.10 Å². The lowest BCUT2D eigenvalue weighted by atomic mass is 10.2. The summed E-state index contributed by atoms with van der Waals surface area (Å²) in [4.78, 5) is 11.5. The van der Waals surface area contributed by atoms with Crippen LogP contribution in [0.1, 0.15) is 11.1 Å². The monoisotopic (exact) mass is 302 g/mol. The highest BCUT2D eigenvalue weighted by Gasteiger charge is 2.01. The lowest BCUT2D eigenvalue weighted by Gasteiger charge is -2.00. The fourth-order valence-electron chi connectivity index (χ4n) is 1.44. The highest BCUT2D eigenvalue weighted by atomic mass is 33.1. The van der Waals surface area contributed by atoms with Crippen molar-refractivity contribution in [3.63, 3.8) is 0 Å².